The summed E-state index contributed by atoms with van der Waals surface area (Å²) >= 11 is 0. The predicted molar refractivity (Wildman–Crippen MR) is 74.4 cm³/mol. The van der Waals surface area contributed by atoms with Gasteiger partial charge >= 0.3 is 0 Å². The van der Waals surface area contributed by atoms with Crippen LogP contribution in [-0.2, 0) is 11.3 Å². The van der Waals surface area contributed by atoms with Crippen LogP contribution >= 0.6 is 0 Å². The van der Waals surface area contributed by atoms with E-state index >= 15 is 0 Å². The van der Waals surface area contributed by atoms with E-state index in [2.05, 4.69) is 17.1 Å². The number of rotatable bonds is 7. The summed E-state index contributed by atoms with van der Waals surface area (Å²) in [5.74, 6) is -0.0528. The normalized spacial score (nSPS) is 10.7. The first-order valence-corrected chi connectivity index (χ1v) is 6.01. The zero-order valence-electron chi connectivity index (χ0n) is 10.7. The number of nitrogens with zero attached hydrogens (tertiary/aromatic N) is 2. The van der Waals surface area contributed by atoms with Crippen molar-refractivity contribution < 1.29 is 4.74 Å². The zero-order valence-corrected chi connectivity index (χ0v) is 10.7. The van der Waals surface area contributed by atoms with Crippen LogP contribution in [-0.4, -0.2) is 18.8 Å². The molecular formula is C13H20N4O. The summed E-state index contributed by atoms with van der Waals surface area (Å²) in [7, 11) is 0. The van der Waals surface area contributed by atoms with Crippen LogP contribution in [0, 0.1) is 0 Å². The smallest absolute Gasteiger partial charge is 0.211 e. The lowest BCUT2D eigenvalue weighted by atomic mass is 10.1. The van der Waals surface area contributed by atoms with E-state index in [0.29, 0.717) is 6.61 Å². The quantitative estimate of drug-likeness (QED) is 0.332. The average molecular weight is 248 g/mol. The van der Waals surface area contributed by atoms with Gasteiger partial charge < -0.3 is 16.2 Å². The fraction of sp³-hybridized carbons (Fsp3) is 0.385. The molecule has 0 fully saturated rings. The molecule has 4 N–H and O–H groups in total. The Hall–Kier alpha value is -1.88. The number of guanidine groups is 1. The molecule has 98 valence electrons. The van der Waals surface area contributed by atoms with Crippen molar-refractivity contribution in [3.05, 3.63) is 35.4 Å². The van der Waals surface area contributed by atoms with E-state index in [-0.39, 0.29) is 5.96 Å². The second kappa shape index (κ2) is 8.25. The number of nitrogens with two attached hydrogens (primary N) is 2. The third kappa shape index (κ3) is 5.45. The monoisotopic (exact) mass is 248 g/mol. The van der Waals surface area contributed by atoms with Gasteiger partial charge in [-0.15, -0.1) is 5.10 Å². The first kappa shape index (κ1) is 14.2. The van der Waals surface area contributed by atoms with E-state index in [4.69, 9.17) is 16.2 Å². The Morgan fingerprint density at radius 3 is 2.83 bits per heavy atom. The first-order valence-electron chi connectivity index (χ1n) is 6.01. The fourth-order valence-corrected chi connectivity index (χ4v) is 1.38. The van der Waals surface area contributed by atoms with Gasteiger partial charge in [0, 0.05) is 12.2 Å². The molecule has 1 aromatic carbocycles. The molecule has 1 aromatic rings. The summed E-state index contributed by atoms with van der Waals surface area (Å²) in [5.41, 5.74) is 12.4. The minimum Gasteiger partial charge on any atom is -0.377 e. The lowest BCUT2D eigenvalue weighted by Crippen LogP contribution is -2.21. The van der Waals surface area contributed by atoms with Crippen molar-refractivity contribution in [2.24, 2.45) is 21.7 Å². The molecule has 0 unspecified atom stereocenters. The van der Waals surface area contributed by atoms with Gasteiger partial charge in [0.25, 0.3) is 0 Å². The number of benzene rings is 1. The molecule has 5 nitrogen and oxygen atoms in total. The molecule has 0 bridgehead atoms. The number of unbranched alkanes of at least 4 members (excludes halogenated alkanes) is 1. The highest BCUT2D eigenvalue weighted by atomic mass is 16.5. The molecule has 0 aliphatic carbocycles. The van der Waals surface area contributed by atoms with Crippen LogP contribution in [0.25, 0.3) is 0 Å². The maximum atomic E-state index is 5.58. The molecule has 0 spiro atoms. The van der Waals surface area contributed by atoms with Gasteiger partial charge in [0.05, 0.1) is 12.8 Å². The maximum Gasteiger partial charge on any atom is 0.211 e. The summed E-state index contributed by atoms with van der Waals surface area (Å²) in [4.78, 5) is 0. The molecule has 18 heavy (non-hydrogen) atoms. The Bertz CT molecular complexity index is 411. The highest BCUT2D eigenvalue weighted by Gasteiger charge is 1.99. The largest absolute Gasteiger partial charge is 0.377 e. The molecular weight excluding hydrogens is 228 g/mol. The van der Waals surface area contributed by atoms with Crippen LogP contribution in [0.5, 0.6) is 0 Å². The molecule has 0 aliphatic heterocycles. The highest BCUT2D eigenvalue weighted by Crippen LogP contribution is 2.08. The molecule has 0 aliphatic rings. The minimum atomic E-state index is -0.0528. The average Bonchev–Trinajstić information content (AvgIpc) is 2.36. The zero-order chi connectivity index (χ0) is 13.2. The molecule has 1 rings (SSSR count). The first-order chi connectivity index (χ1) is 8.74. The van der Waals surface area contributed by atoms with Crippen molar-refractivity contribution in [1.29, 1.82) is 0 Å². The molecule has 0 saturated carbocycles. The van der Waals surface area contributed by atoms with Crippen LogP contribution in [0.2, 0.25) is 0 Å². The van der Waals surface area contributed by atoms with Gasteiger partial charge in [-0.1, -0.05) is 37.6 Å². The van der Waals surface area contributed by atoms with Gasteiger partial charge in [0.2, 0.25) is 5.96 Å². The lowest BCUT2D eigenvalue weighted by Gasteiger charge is -2.06. The maximum absolute atomic E-state index is 5.58. The fourth-order valence-electron chi connectivity index (χ4n) is 1.38. The van der Waals surface area contributed by atoms with E-state index in [1.54, 1.807) is 6.21 Å². The number of hydrogen-bond donors (Lipinski definition) is 2. The summed E-state index contributed by atoms with van der Waals surface area (Å²) in [5, 5.41) is 7.38. The molecule has 0 heterocycles. The summed E-state index contributed by atoms with van der Waals surface area (Å²) in [6.45, 7) is 3.49. The Balaban J connectivity index is 2.61. The van der Waals surface area contributed by atoms with E-state index < -0.39 is 0 Å². The minimum absolute atomic E-state index is 0.0528. The molecule has 0 atom stereocenters. The Kier molecular flexibility index (Phi) is 6.50. The van der Waals surface area contributed by atoms with Crippen molar-refractivity contribution in [3.8, 4) is 0 Å². The van der Waals surface area contributed by atoms with Crippen LogP contribution in [0.15, 0.2) is 34.5 Å². The molecule has 5 heteroatoms. The Labute approximate surface area is 108 Å². The number of hydrogen-bond acceptors (Lipinski definition) is 3. The van der Waals surface area contributed by atoms with Crippen molar-refractivity contribution in [1.82, 2.24) is 0 Å². The Morgan fingerprint density at radius 1 is 1.33 bits per heavy atom. The second-order valence-electron chi connectivity index (χ2n) is 3.87. The van der Waals surface area contributed by atoms with E-state index in [1.165, 1.54) is 0 Å². The third-order valence-electron chi connectivity index (χ3n) is 2.32. The van der Waals surface area contributed by atoms with Crippen molar-refractivity contribution >= 4 is 12.2 Å². The number of ether oxygens (including phenoxy) is 1. The molecule has 0 aromatic heterocycles. The van der Waals surface area contributed by atoms with Gasteiger partial charge in [0.15, 0.2) is 0 Å². The van der Waals surface area contributed by atoms with Crippen LogP contribution < -0.4 is 11.5 Å². The standard InChI is InChI=1S/C13H20N4O/c1-2-3-8-18-10-12-7-5-4-6-11(12)9-16-17-13(14)15/h4-7,9H,2-3,8,10H2,1H3,(H4,14,15,17). The van der Waals surface area contributed by atoms with Crippen LogP contribution in [0.4, 0.5) is 0 Å². The van der Waals surface area contributed by atoms with E-state index in [1.807, 2.05) is 24.3 Å². The second-order valence-corrected chi connectivity index (χ2v) is 3.87. The van der Waals surface area contributed by atoms with Gasteiger partial charge in [-0.05, 0) is 12.0 Å². The SMILES string of the molecule is CCCCOCc1ccccc1C=NN=C(N)N. The van der Waals surface area contributed by atoms with Crippen molar-refractivity contribution in [3.63, 3.8) is 0 Å². The van der Waals surface area contributed by atoms with Gasteiger partial charge in [-0.3, -0.25) is 0 Å². The van der Waals surface area contributed by atoms with Gasteiger partial charge in [-0.25, -0.2) is 0 Å². The van der Waals surface area contributed by atoms with E-state index in [0.717, 1.165) is 30.6 Å². The van der Waals surface area contributed by atoms with Crippen molar-refractivity contribution in [2.45, 2.75) is 26.4 Å². The van der Waals surface area contributed by atoms with Gasteiger partial charge in [0.1, 0.15) is 0 Å². The Morgan fingerprint density at radius 2 is 2.11 bits per heavy atom. The third-order valence-corrected chi connectivity index (χ3v) is 2.32. The van der Waals surface area contributed by atoms with Crippen molar-refractivity contribution in [2.75, 3.05) is 6.61 Å². The van der Waals surface area contributed by atoms with Crippen LogP contribution in [0.1, 0.15) is 30.9 Å². The van der Waals surface area contributed by atoms with E-state index in [9.17, 15) is 0 Å². The topological polar surface area (TPSA) is 86.0 Å². The summed E-state index contributed by atoms with van der Waals surface area (Å²) in [6, 6.07) is 7.86. The van der Waals surface area contributed by atoms with Gasteiger partial charge in [-0.2, -0.15) is 5.10 Å². The lowest BCUT2D eigenvalue weighted by molar-refractivity contribution is 0.118. The molecule has 0 radical (unpaired) electrons. The summed E-state index contributed by atoms with van der Waals surface area (Å²) in [6.07, 6.45) is 3.83. The van der Waals surface area contributed by atoms with Crippen LogP contribution in [0.3, 0.4) is 0 Å². The summed E-state index contributed by atoms with van der Waals surface area (Å²) < 4.78 is 5.58. The highest BCUT2D eigenvalue weighted by molar-refractivity contribution is 5.83. The predicted octanol–water partition coefficient (Wildman–Crippen LogP) is 1.61. The molecule has 0 saturated heterocycles. The molecule has 0 amide bonds.